The molecule has 9 nitrogen and oxygen atoms in total. The highest BCUT2D eigenvalue weighted by molar-refractivity contribution is 7.98. The first-order valence-electron chi connectivity index (χ1n) is 9.00. The van der Waals surface area contributed by atoms with Gasteiger partial charge in [-0.3, -0.25) is 9.78 Å². The van der Waals surface area contributed by atoms with Crippen LogP contribution >= 0.6 is 11.8 Å². The summed E-state index contributed by atoms with van der Waals surface area (Å²) in [5.74, 6) is -1.02. The summed E-state index contributed by atoms with van der Waals surface area (Å²) in [4.78, 5) is 20.1. The summed E-state index contributed by atoms with van der Waals surface area (Å²) in [5, 5.41) is 14.3. The number of aryl methyl sites for hydroxylation is 1. The minimum Gasteiger partial charge on any atom is -0.411 e. The van der Waals surface area contributed by atoms with E-state index in [0.717, 1.165) is 12.1 Å². The summed E-state index contributed by atoms with van der Waals surface area (Å²) in [6, 6.07) is 6.90. The molecule has 0 aliphatic carbocycles. The molecule has 31 heavy (non-hydrogen) atoms. The average molecular weight is 444 g/mol. The third kappa shape index (κ3) is 5.28. The van der Waals surface area contributed by atoms with Gasteiger partial charge >= 0.3 is 0 Å². The quantitative estimate of drug-likeness (QED) is 0.406. The Kier molecular flexibility index (Phi) is 6.26. The summed E-state index contributed by atoms with van der Waals surface area (Å²) in [6.45, 7) is 0. The van der Waals surface area contributed by atoms with Crippen molar-refractivity contribution in [1.82, 2.24) is 25.3 Å². The Bertz CT molecular complexity index is 1160. The number of rotatable bonds is 8. The zero-order chi connectivity index (χ0) is 21.6. The number of amides is 1. The number of hydrogen-bond acceptors (Lipinski definition) is 9. The van der Waals surface area contributed by atoms with Gasteiger partial charge in [0.2, 0.25) is 17.7 Å². The van der Waals surface area contributed by atoms with E-state index < -0.39 is 23.2 Å². The molecule has 3 aromatic heterocycles. The van der Waals surface area contributed by atoms with Crippen LogP contribution in [0.15, 0.2) is 56.9 Å². The number of benzene rings is 1. The van der Waals surface area contributed by atoms with E-state index >= 15 is 0 Å². The monoisotopic (exact) mass is 444 g/mol. The molecule has 0 unspecified atom stereocenters. The first-order chi connectivity index (χ1) is 15.1. The van der Waals surface area contributed by atoms with Gasteiger partial charge in [-0.25, -0.2) is 8.78 Å². The summed E-state index contributed by atoms with van der Waals surface area (Å²) in [5.41, 5.74) is 0.220. The molecule has 12 heteroatoms. The lowest BCUT2D eigenvalue weighted by molar-refractivity contribution is -0.116. The van der Waals surface area contributed by atoms with Gasteiger partial charge in [-0.2, -0.15) is 4.98 Å². The molecule has 0 saturated carbocycles. The number of nitrogens with one attached hydrogen (secondary N) is 1. The number of carbonyl (C=O) groups excluding carboxylic acids is 1. The van der Waals surface area contributed by atoms with Crippen LogP contribution in [0.4, 0.5) is 14.5 Å². The van der Waals surface area contributed by atoms with Crippen molar-refractivity contribution >= 4 is 23.4 Å². The van der Waals surface area contributed by atoms with Gasteiger partial charge in [0.15, 0.2) is 5.82 Å². The minimum atomic E-state index is -0.849. The van der Waals surface area contributed by atoms with Gasteiger partial charge in [-0.05, 0) is 24.3 Å². The van der Waals surface area contributed by atoms with Crippen molar-refractivity contribution in [3.05, 3.63) is 66.1 Å². The topological polar surface area (TPSA) is 120 Å². The molecule has 0 fully saturated rings. The molecule has 0 atom stereocenters. The molecule has 4 aromatic rings. The number of aromatic nitrogens is 5. The van der Waals surface area contributed by atoms with Gasteiger partial charge in [0, 0.05) is 25.2 Å². The lowest BCUT2D eigenvalue weighted by Gasteiger charge is -2.06. The summed E-state index contributed by atoms with van der Waals surface area (Å²) in [6.07, 6.45) is 3.29. The lowest BCUT2D eigenvalue weighted by atomic mass is 10.2. The maximum absolute atomic E-state index is 13.6. The fourth-order valence-corrected chi connectivity index (χ4v) is 3.10. The van der Waals surface area contributed by atoms with Crippen molar-refractivity contribution in [2.24, 2.45) is 0 Å². The lowest BCUT2D eigenvalue weighted by Crippen LogP contribution is -2.14. The van der Waals surface area contributed by atoms with Crippen LogP contribution in [-0.2, 0) is 17.0 Å². The van der Waals surface area contributed by atoms with E-state index in [0.29, 0.717) is 28.3 Å². The normalized spacial score (nSPS) is 10.9. The average Bonchev–Trinajstić information content (AvgIpc) is 3.44. The Morgan fingerprint density at radius 3 is 2.74 bits per heavy atom. The van der Waals surface area contributed by atoms with E-state index in [1.165, 1.54) is 17.8 Å². The maximum Gasteiger partial charge on any atom is 0.277 e. The van der Waals surface area contributed by atoms with E-state index in [9.17, 15) is 13.6 Å². The largest absolute Gasteiger partial charge is 0.411 e. The number of hydrogen-bond donors (Lipinski definition) is 1. The van der Waals surface area contributed by atoms with E-state index in [1.807, 2.05) is 0 Å². The first-order valence-corrected chi connectivity index (χ1v) is 9.99. The van der Waals surface area contributed by atoms with Crippen LogP contribution in [0.1, 0.15) is 18.1 Å². The first kappa shape index (κ1) is 20.6. The minimum absolute atomic E-state index is 0.0827. The fraction of sp³-hybridized carbons (Fsp3) is 0.158. The maximum atomic E-state index is 13.6. The van der Waals surface area contributed by atoms with Gasteiger partial charge in [0.1, 0.15) is 17.3 Å². The van der Waals surface area contributed by atoms with E-state index in [4.69, 9.17) is 8.94 Å². The number of para-hydroxylation sites is 1. The van der Waals surface area contributed by atoms with E-state index in [2.05, 4.69) is 30.6 Å². The van der Waals surface area contributed by atoms with Crippen LogP contribution in [0.25, 0.3) is 11.5 Å². The van der Waals surface area contributed by atoms with Crippen LogP contribution < -0.4 is 5.32 Å². The summed E-state index contributed by atoms with van der Waals surface area (Å²) < 4.78 is 37.8. The molecule has 0 aliphatic rings. The SMILES string of the molecule is O=C(CCc1nc(CSc2nnc(-c3cccnc3)o2)no1)Nc1c(F)cccc1F. The highest BCUT2D eigenvalue weighted by atomic mass is 32.2. The van der Waals surface area contributed by atoms with Crippen LogP contribution in [0.3, 0.4) is 0 Å². The molecule has 3 heterocycles. The molecule has 158 valence electrons. The van der Waals surface area contributed by atoms with E-state index in [-0.39, 0.29) is 18.7 Å². The zero-order valence-corrected chi connectivity index (χ0v) is 16.6. The molecule has 1 amide bonds. The Labute approximate surface area is 178 Å². The molecule has 0 saturated heterocycles. The zero-order valence-electron chi connectivity index (χ0n) is 15.8. The van der Waals surface area contributed by atoms with Gasteiger partial charge in [-0.1, -0.05) is 23.0 Å². The molecule has 1 aromatic carbocycles. The van der Waals surface area contributed by atoms with Gasteiger partial charge in [-0.15, -0.1) is 10.2 Å². The smallest absolute Gasteiger partial charge is 0.277 e. The number of anilines is 1. The van der Waals surface area contributed by atoms with Gasteiger partial charge < -0.3 is 14.3 Å². The predicted molar refractivity (Wildman–Crippen MR) is 105 cm³/mol. The molecule has 0 aliphatic heterocycles. The third-order valence-electron chi connectivity index (χ3n) is 3.94. The van der Waals surface area contributed by atoms with Crippen LogP contribution in [0.2, 0.25) is 0 Å². The van der Waals surface area contributed by atoms with Crippen molar-refractivity contribution in [2.45, 2.75) is 23.8 Å². The highest BCUT2D eigenvalue weighted by Gasteiger charge is 2.15. The van der Waals surface area contributed by atoms with Crippen LogP contribution in [0, 0.1) is 11.6 Å². The standard InChI is InChI=1S/C19H14F2N6O3S/c20-12-4-1-5-13(21)17(12)24-15(28)6-7-16-23-14(27-30-16)10-31-19-26-25-18(29-19)11-3-2-8-22-9-11/h1-5,8-9H,6-7,10H2,(H,24,28). The Morgan fingerprint density at radius 2 is 1.97 bits per heavy atom. The van der Waals surface area contributed by atoms with Crippen LogP contribution in [0.5, 0.6) is 0 Å². The number of nitrogens with zero attached hydrogens (tertiary/aromatic N) is 5. The van der Waals surface area contributed by atoms with Crippen LogP contribution in [-0.4, -0.2) is 31.2 Å². The number of pyridine rings is 1. The Morgan fingerprint density at radius 1 is 1.13 bits per heavy atom. The third-order valence-corrected chi connectivity index (χ3v) is 4.76. The molecule has 1 N–H and O–H groups in total. The second kappa shape index (κ2) is 9.43. The summed E-state index contributed by atoms with van der Waals surface area (Å²) in [7, 11) is 0. The summed E-state index contributed by atoms with van der Waals surface area (Å²) >= 11 is 1.22. The van der Waals surface area contributed by atoms with Crippen molar-refractivity contribution in [2.75, 3.05) is 5.32 Å². The van der Waals surface area contributed by atoms with Gasteiger partial charge in [0.25, 0.3) is 5.22 Å². The predicted octanol–water partition coefficient (Wildman–Crippen LogP) is 3.66. The van der Waals surface area contributed by atoms with Crippen molar-refractivity contribution < 1.29 is 22.5 Å². The molecule has 0 bridgehead atoms. The number of thioether (sulfide) groups is 1. The van der Waals surface area contributed by atoms with Crippen molar-refractivity contribution in [1.29, 1.82) is 0 Å². The fourth-order valence-electron chi connectivity index (χ4n) is 2.49. The van der Waals surface area contributed by atoms with E-state index in [1.54, 1.807) is 24.5 Å². The molecule has 0 spiro atoms. The number of carbonyl (C=O) groups is 1. The molecular weight excluding hydrogens is 430 g/mol. The number of halogens is 2. The Balaban J connectivity index is 1.27. The molecular formula is C19H14F2N6O3S. The van der Waals surface area contributed by atoms with Crippen molar-refractivity contribution in [3.8, 4) is 11.5 Å². The second-order valence-corrected chi connectivity index (χ2v) is 7.08. The molecule has 4 rings (SSSR count). The second-order valence-electron chi connectivity index (χ2n) is 6.15. The highest BCUT2D eigenvalue weighted by Crippen LogP contribution is 2.24. The van der Waals surface area contributed by atoms with Crippen molar-refractivity contribution in [3.63, 3.8) is 0 Å². The molecule has 0 radical (unpaired) electrons. The Hall–Kier alpha value is -3.67. The van der Waals surface area contributed by atoms with Gasteiger partial charge in [0.05, 0.1) is 11.3 Å².